The molecule has 0 bridgehead atoms. The fourth-order valence-corrected chi connectivity index (χ4v) is 3.74. The molecule has 0 aliphatic heterocycles. The Morgan fingerprint density at radius 1 is 1.22 bits per heavy atom. The standard InChI is InChI=1S/C18H24F3N5O/c1-10-6-4-5-7-14(10)23-15(27)9-8-13-11(2)22-17-24-16(18(19,20)21)25-26(17)12(13)3/h10,14H,4-9H2,1-3H3,(H,23,27). The monoisotopic (exact) mass is 383 g/mol. The second kappa shape index (κ2) is 7.44. The van der Waals surface area contributed by atoms with Crippen LogP contribution < -0.4 is 5.32 Å². The van der Waals surface area contributed by atoms with Gasteiger partial charge < -0.3 is 5.32 Å². The molecular formula is C18H24F3N5O. The SMILES string of the molecule is Cc1nc2nc(C(F)(F)F)nn2c(C)c1CCC(=O)NC1CCCCC1C. The van der Waals surface area contributed by atoms with Crippen molar-refractivity contribution in [2.45, 2.75) is 71.5 Å². The van der Waals surface area contributed by atoms with Crippen LogP contribution in [0.3, 0.4) is 0 Å². The van der Waals surface area contributed by atoms with Gasteiger partial charge in [-0.2, -0.15) is 18.2 Å². The van der Waals surface area contributed by atoms with E-state index in [1.165, 1.54) is 6.42 Å². The summed E-state index contributed by atoms with van der Waals surface area (Å²) in [6, 6.07) is 0.207. The number of hydrogen-bond acceptors (Lipinski definition) is 4. The second-order valence-corrected chi connectivity index (χ2v) is 7.34. The molecule has 1 aliphatic carbocycles. The number of hydrogen-bond donors (Lipinski definition) is 1. The summed E-state index contributed by atoms with van der Waals surface area (Å²) < 4.78 is 39.6. The highest BCUT2D eigenvalue weighted by molar-refractivity contribution is 5.76. The molecule has 2 aromatic rings. The predicted octanol–water partition coefficient (Wildman–Crippen LogP) is 3.39. The minimum atomic E-state index is -4.62. The van der Waals surface area contributed by atoms with Gasteiger partial charge in [-0.05, 0) is 44.6 Å². The molecule has 1 fully saturated rings. The van der Waals surface area contributed by atoms with E-state index in [4.69, 9.17) is 0 Å². The maximum Gasteiger partial charge on any atom is 0.453 e. The molecule has 0 saturated heterocycles. The number of rotatable bonds is 4. The van der Waals surface area contributed by atoms with Gasteiger partial charge in [0.2, 0.25) is 5.91 Å². The zero-order valence-corrected chi connectivity index (χ0v) is 15.7. The molecule has 2 heterocycles. The molecule has 1 amide bonds. The number of amides is 1. The predicted molar refractivity (Wildman–Crippen MR) is 93.1 cm³/mol. The number of alkyl halides is 3. The summed E-state index contributed by atoms with van der Waals surface area (Å²) in [5.41, 5.74) is 1.83. The van der Waals surface area contributed by atoms with E-state index in [0.29, 0.717) is 23.7 Å². The summed E-state index contributed by atoms with van der Waals surface area (Å²) in [7, 11) is 0. The number of halogens is 3. The van der Waals surface area contributed by atoms with Crippen LogP contribution in [0.15, 0.2) is 0 Å². The van der Waals surface area contributed by atoms with Crippen LogP contribution >= 0.6 is 0 Å². The van der Waals surface area contributed by atoms with Crippen molar-refractivity contribution in [3.05, 3.63) is 22.8 Å². The van der Waals surface area contributed by atoms with Crippen molar-refractivity contribution in [3.8, 4) is 0 Å². The normalized spacial score (nSPS) is 20.8. The first kappa shape index (κ1) is 19.6. The Morgan fingerprint density at radius 3 is 2.59 bits per heavy atom. The minimum absolute atomic E-state index is 0.0396. The zero-order chi connectivity index (χ0) is 19.8. The van der Waals surface area contributed by atoms with Gasteiger partial charge in [0.25, 0.3) is 11.6 Å². The fraction of sp³-hybridized carbons (Fsp3) is 0.667. The molecule has 1 N–H and O–H groups in total. The molecule has 0 radical (unpaired) electrons. The van der Waals surface area contributed by atoms with Crippen LogP contribution in [0.25, 0.3) is 5.78 Å². The highest BCUT2D eigenvalue weighted by atomic mass is 19.4. The smallest absolute Gasteiger partial charge is 0.353 e. The first-order valence-corrected chi connectivity index (χ1v) is 9.26. The van der Waals surface area contributed by atoms with Gasteiger partial charge >= 0.3 is 6.18 Å². The van der Waals surface area contributed by atoms with E-state index in [9.17, 15) is 18.0 Å². The highest BCUT2D eigenvalue weighted by Crippen LogP contribution is 2.27. The summed E-state index contributed by atoms with van der Waals surface area (Å²) in [6.45, 7) is 5.54. The van der Waals surface area contributed by atoms with Crippen LogP contribution in [0.1, 0.15) is 61.8 Å². The first-order valence-electron chi connectivity index (χ1n) is 9.26. The summed E-state index contributed by atoms with van der Waals surface area (Å²) >= 11 is 0. The van der Waals surface area contributed by atoms with Crippen LogP contribution in [-0.4, -0.2) is 31.5 Å². The lowest BCUT2D eigenvalue weighted by atomic mass is 9.86. The molecule has 9 heteroatoms. The number of nitrogens with zero attached hydrogens (tertiary/aromatic N) is 4. The molecule has 0 spiro atoms. The van der Waals surface area contributed by atoms with Gasteiger partial charge in [0.1, 0.15) is 0 Å². The molecule has 2 atom stereocenters. The van der Waals surface area contributed by atoms with E-state index in [0.717, 1.165) is 29.3 Å². The quantitative estimate of drug-likeness (QED) is 0.879. The third-order valence-corrected chi connectivity index (χ3v) is 5.36. The number of aromatic nitrogens is 4. The molecule has 27 heavy (non-hydrogen) atoms. The van der Waals surface area contributed by atoms with Gasteiger partial charge in [-0.25, -0.2) is 9.50 Å². The summed E-state index contributed by atoms with van der Waals surface area (Å²) in [5, 5.41) is 6.63. The molecule has 148 valence electrons. The number of aryl methyl sites for hydroxylation is 2. The third kappa shape index (κ3) is 4.22. The number of carbonyl (C=O) groups is 1. The van der Waals surface area contributed by atoms with Crippen LogP contribution in [0, 0.1) is 19.8 Å². The number of fused-ring (bicyclic) bond motifs is 1. The van der Waals surface area contributed by atoms with E-state index in [-0.39, 0.29) is 24.1 Å². The lowest BCUT2D eigenvalue weighted by molar-refractivity contribution is -0.144. The Morgan fingerprint density at radius 2 is 1.93 bits per heavy atom. The molecule has 1 saturated carbocycles. The topological polar surface area (TPSA) is 72.2 Å². The van der Waals surface area contributed by atoms with E-state index in [1.54, 1.807) is 13.8 Å². The molecule has 3 rings (SSSR count). The molecule has 2 aromatic heterocycles. The largest absolute Gasteiger partial charge is 0.453 e. The Bertz CT molecular complexity index is 846. The average Bonchev–Trinajstić information content (AvgIpc) is 3.01. The van der Waals surface area contributed by atoms with E-state index < -0.39 is 12.0 Å². The van der Waals surface area contributed by atoms with Gasteiger partial charge in [0.05, 0.1) is 0 Å². The van der Waals surface area contributed by atoms with Crippen LogP contribution in [0.4, 0.5) is 13.2 Å². The summed E-state index contributed by atoms with van der Waals surface area (Å²) in [6.07, 6.45) is 0.491. The lowest BCUT2D eigenvalue weighted by Crippen LogP contribution is -2.41. The third-order valence-electron chi connectivity index (χ3n) is 5.36. The van der Waals surface area contributed by atoms with Crippen molar-refractivity contribution in [1.29, 1.82) is 0 Å². The van der Waals surface area contributed by atoms with E-state index in [2.05, 4.69) is 27.3 Å². The van der Waals surface area contributed by atoms with Crippen molar-refractivity contribution >= 4 is 11.7 Å². The van der Waals surface area contributed by atoms with Gasteiger partial charge in [-0.3, -0.25) is 4.79 Å². The van der Waals surface area contributed by atoms with Crippen molar-refractivity contribution in [2.24, 2.45) is 5.92 Å². The zero-order valence-electron chi connectivity index (χ0n) is 15.7. The average molecular weight is 383 g/mol. The Hall–Kier alpha value is -2.19. The lowest BCUT2D eigenvalue weighted by Gasteiger charge is -2.29. The van der Waals surface area contributed by atoms with Crippen molar-refractivity contribution in [3.63, 3.8) is 0 Å². The fourth-order valence-electron chi connectivity index (χ4n) is 3.74. The van der Waals surface area contributed by atoms with Gasteiger partial charge in [0.15, 0.2) is 0 Å². The van der Waals surface area contributed by atoms with E-state index in [1.807, 2.05) is 0 Å². The molecule has 1 aliphatic rings. The Kier molecular flexibility index (Phi) is 5.39. The van der Waals surface area contributed by atoms with Crippen LogP contribution in [0.2, 0.25) is 0 Å². The molecule has 6 nitrogen and oxygen atoms in total. The Labute approximate surface area is 155 Å². The maximum absolute atomic E-state index is 12.8. The van der Waals surface area contributed by atoms with Gasteiger partial charge in [0, 0.05) is 23.9 Å². The molecule has 0 aromatic carbocycles. The second-order valence-electron chi connectivity index (χ2n) is 7.34. The maximum atomic E-state index is 12.8. The van der Waals surface area contributed by atoms with E-state index >= 15 is 0 Å². The number of nitrogens with one attached hydrogen (secondary N) is 1. The van der Waals surface area contributed by atoms with Crippen LogP contribution in [0.5, 0.6) is 0 Å². The molecular weight excluding hydrogens is 359 g/mol. The van der Waals surface area contributed by atoms with Crippen molar-refractivity contribution in [2.75, 3.05) is 0 Å². The highest BCUT2D eigenvalue weighted by Gasteiger charge is 2.37. The van der Waals surface area contributed by atoms with Gasteiger partial charge in [-0.15, -0.1) is 5.10 Å². The number of carbonyl (C=O) groups excluding carboxylic acids is 1. The van der Waals surface area contributed by atoms with Gasteiger partial charge in [-0.1, -0.05) is 19.8 Å². The first-order chi connectivity index (χ1) is 12.7. The minimum Gasteiger partial charge on any atom is -0.353 e. The molecule has 2 unspecified atom stereocenters. The Balaban J connectivity index is 1.73. The van der Waals surface area contributed by atoms with Crippen molar-refractivity contribution < 1.29 is 18.0 Å². The van der Waals surface area contributed by atoms with Crippen LogP contribution in [-0.2, 0) is 17.4 Å². The summed E-state index contributed by atoms with van der Waals surface area (Å²) in [4.78, 5) is 19.9. The summed E-state index contributed by atoms with van der Waals surface area (Å²) in [5.74, 6) is -0.859. The van der Waals surface area contributed by atoms with Crippen molar-refractivity contribution in [1.82, 2.24) is 24.9 Å².